The third-order valence-electron chi connectivity index (χ3n) is 4.05. The van der Waals surface area contributed by atoms with E-state index in [1.54, 1.807) is 20.8 Å². The summed E-state index contributed by atoms with van der Waals surface area (Å²) in [5.74, 6) is -0.700. The molecular weight excluding hydrogens is 315 g/mol. The lowest BCUT2D eigenvalue weighted by Crippen LogP contribution is -2.31. The predicted molar refractivity (Wildman–Crippen MR) is 88.8 cm³/mol. The van der Waals surface area contributed by atoms with Crippen molar-refractivity contribution in [1.29, 1.82) is 0 Å². The fourth-order valence-electron chi connectivity index (χ4n) is 3.22. The summed E-state index contributed by atoms with van der Waals surface area (Å²) < 4.78 is 29.4. The first kappa shape index (κ1) is 18.2. The molecule has 6 heteroatoms. The summed E-state index contributed by atoms with van der Waals surface area (Å²) in [6.45, 7) is 5.92. The molecule has 0 bridgehead atoms. The van der Waals surface area contributed by atoms with Gasteiger partial charge in [-0.05, 0) is 44.7 Å². The Kier molecular flexibility index (Phi) is 6.40. The monoisotopic (exact) mass is 340 g/mol. The van der Waals surface area contributed by atoms with Gasteiger partial charge in [0.05, 0.1) is 19.8 Å². The van der Waals surface area contributed by atoms with E-state index in [0.717, 1.165) is 18.4 Å². The highest BCUT2D eigenvalue weighted by Gasteiger charge is 2.49. The summed E-state index contributed by atoms with van der Waals surface area (Å²) >= 11 is 0. The minimum Gasteiger partial charge on any atom is -0.465 e. The van der Waals surface area contributed by atoms with Gasteiger partial charge < -0.3 is 13.8 Å². The highest BCUT2D eigenvalue weighted by atomic mass is 31.2. The number of benzene rings is 1. The molecule has 0 unspecified atom stereocenters. The molecule has 0 aromatic heterocycles. The summed E-state index contributed by atoms with van der Waals surface area (Å²) in [7, 11) is -3.59. The molecule has 1 aromatic rings. The molecule has 2 atom stereocenters. The van der Waals surface area contributed by atoms with Crippen molar-refractivity contribution in [3.8, 4) is 0 Å². The maximum Gasteiger partial charge on any atom is 0.345 e. The Morgan fingerprint density at radius 3 is 2.43 bits per heavy atom. The number of hydrogen-bond acceptors (Lipinski definition) is 5. The number of aryl methyl sites for hydroxylation is 1. The Morgan fingerprint density at radius 2 is 1.83 bits per heavy atom. The number of rotatable bonds is 8. The summed E-state index contributed by atoms with van der Waals surface area (Å²) in [6.07, 6.45) is 1.60. The number of carbonyl (C=O) groups is 1. The second kappa shape index (κ2) is 8.09. The smallest absolute Gasteiger partial charge is 0.345 e. The quantitative estimate of drug-likeness (QED) is 0.530. The standard InChI is InChI=1S/C17H25O5P/c1-4-20-17(18)16(23(19,21-5-2)22-6-3)15-12-11-13-9-7-8-10-14(13)15/h7-10,15-16H,4-6,11-12H2,1-3H3/t15-,16-/m0/s1. The lowest BCUT2D eigenvalue weighted by Gasteiger charge is -2.29. The van der Waals surface area contributed by atoms with E-state index in [4.69, 9.17) is 13.8 Å². The lowest BCUT2D eigenvalue weighted by atomic mass is 9.97. The van der Waals surface area contributed by atoms with Crippen LogP contribution in [0.5, 0.6) is 0 Å². The van der Waals surface area contributed by atoms with Crippen molar-refractivity contribution < 1.29 is 23.1 Å². The van der Waals surface area contributed by atoms with Crippen LogP contribution in [0.3, 0.4) is 0 Å². The van der Waals surface area contributed by atoms with Gasteiger partial charge in [-0.2, -0.15) is 0 Å². The molecule has 1 aliphatic carbocycles. The van der Waals surface area contributed by atoms with Crippen LogP contribution in [0.25, 0.3) is 0 Å². The van der Waals surface area contributed by atoms with Crippen molar-refractivity contribution >= 4 is 13.6 Å². The van der Waals surface area contributed by atoms with Crippen molar-refractivity contribution in [2.75, 3.05) is 19.8 Å². The van der Waals surface area contributed by atoms with E-state index in [1.807, 2.05) is 24.3 Å². The van der Waals surface area contributed by atoms with Gasteiger partial charge in [0.25, 0.3) is 0 Å². The van der Waals surface area contributed by atoms with E-state index in [2.05, 4.69) is 0 Å². The van der Waals surface area contributed by atoms with E-state index in [1.165, 1.54) is 5.56 Å². The molecule has 1 aliphatic rings. The minimum atomic E-state index is -3.59. The van der Waals surface area contributed by atoms with Gasteiger partial charge in [0.1, 0.15) is 0 Å². The minimum absolute atomic E-state index is 0.200. The predicted octanol–water partition coefficient (Wildman–Crippen LogP) is 3.91. The van der Waals surface area contributed by atoms with Crippen molar-refractivity contribution in [2.45, 2.75) is 45.2 Å². The van der Waals surface area contributed by atoms with Crippen LogP contribution in [0.4, 0.5) is 0 Å². The zero-order valence-corrected chi connectivity index (χ0v) is 14.9. The second-order valence-electron chi connectivity index (χ2n) is 5.42. The van der Waals surface area contributed by atoms with Gasteiger partial charge in [-0.15, -0.1) is 0 Å². The zero-order chi connectivity index (χ0) is 16.9. The molecule has 0 saturated carbocycles. The SMILES string of the molecule is CCOC(=O)[C@H]([C@H]1CCc2ccccc21)P(=O)(OCC)OCC. The molecule has 0 saturated heterocycles. The van der Waals surface area contributed by atoms with Crippen LogP contribution in [0.2, 0.25) is 0 Å². The average Bonchev–Trinajstić information content (AvgIpc) is 2.92. The van der Waals surface area contributed by atoms with Gasteiger partial charge in [-0.25, -0.2) is 0 Å². The molecule has 5 nitrogen and oxygen atoms in total. The first-order valence-corrected chi connectivity index (χ1v) is 9.81. The maximum atomic E-state index is 13.3. The summed E-state index contributed by atoms with van der Waals surface area (Å²) in [4.78, 5) is 12.6. The van der Waals surface area contributed by atoms with Crippen molar-refractivity contribution in [1.82, 2.24) is 0 Å². The van der Waals surface area contributed by atoms with Crippen molar-refractivity contribution in [3.05, 3.63) is 35.4 Å². The number of esters is 1. The number of fused-ring (bicyclic) bond motifs is 1. The number of ether oxygens (including phenoxy) is 1. The van der Waals surface area contributed by atoms with Crippen molar-refractivity contribution in [2.24, 2.45) is 0 Å². The van der Waals surface area contributed by atoms with E-state index < -0.39 is 19.2 Å². The van der Waals surface area contributed by atoms with E-state index in [0.29, 0.717) is 0 Å². The van der Waals surface area contributed by atoms with Gasteiger partial charge in [0, 0.05) is 5.92 Å². The highest BCUT2D eigenvalue weighted by molar-refractivity contribution is 7.55. The van der Waals surface area contributed by atoms with Crippen LogP contribution in [0, 0.1) is 0 Å². The van der Waals surface area contributed by atoms with E-state index in [-0.39, 0.29) is 25.7 Å². The van der Waals surface area contributed by atoms with Crippen LogP contribution in [-0.2, 0) is 29.6 Å². The van der Waals surface area contributed by atoms with Gasteiger partial charge in [-0.1, -0.05) is 24.3 Å². The molecule has 0 spiro atoms. The van der Waals surface area contributed by atoms with E-state index >= 15 is 0 Å². The van der Waals surface area contributed by atoms with Crippen LogP contribution in [-0.4, -0.2) is 31.4 Å². The van der Waals surface area contributed by atoms with Gasteiger partial charge in [0.15, 0.2) is 5.66 Å². The molecule has 128 valence electrons. The normalized spacial score (nSPS) is 18.5. The third kappa shape index (κ3) is 3.85. The van der Waals surface area contributed by atoms with Crippen molar-refractivity contribution in [3.63, 3.8) is 0 Å². The molecule has 23 heavy (non-hydrogen) atoms. The Labute approximate surface area is 137 Å². The summed E-state index contributed by atoms with van der Waals surface area (Å²) in [5, 5.41) is 0. The zero-order valence-electron chi connectivity index (χ0n) is 14.0. The number of carbonyl (C=O) groups excluding carboxylic acids is 1. The first-order chi connectivity index (χ1) is 11.1. The molecule has 0 N–H and O–H groups in total. The van der Waals surface area contributed by atoms with Crippen LogP contribution in [0.1, 0.15) is 44.2 Å². The molecule has 1 aromatic carbocycles. The van der Waals surface area contributed by atoms with Crippen LogP contribution < -0.4 is 0 Å². The Balaban J connectivity index is 2.42. The fraction of sp³-hybridized carbons (Fsp3) is 0.588. The largest absolute Gasteiger partial charge is 0.465 e. The second-order valence-corrected chi connectivity index (χ2v) is 7.57. The molecule has 0 fully saturated rings. The Hall–Kier alpha value is -1.16. The molecule has 0 heterocycles. The molecule has 0 aliphatic heterocycles. The lowest BCUT2D eigenvalue weighted by molar-refractivity contribution is -0.143. The summed E-state index contributed by atoms with van der Waals surface area (Å²) in [5.41, 5.74) is 1.32. The topological polar surface area (TPSA) is 61.8 Å². The van der Waals surface area contributed by atoms with Crippen LogP contribution >= 0.6 is 7.60 Å². The van der Waals surface area contributed by atoms with Gasteiger partial charge in [-0.3, -0.25) is 9.36 Å². The van der Waals surface area contributed by atoms with Crippen LogP contribution in [0.15, 0.2) is 24.3 Å². The third-order valence-corrected chi connectivity index (χ3v) is 6.54. The maximum absolute atomic E-state index is 13.3. The fourth-order valence-corrected chi connectivity index (χ4v) is 5.42. The molecule has 2 rings (SSSR count). The van der Waals surface area contributed by atoms with Gasteiger partial charge >= 0.3 is 13.6 Å². The Morgan fingerprint density at radius 1 is 1.17 bits per heavy atom. The highest BCUT2D eigenvalue weighted by Crippen LogP contribution is 2.59. The number of hydrogen-bond donors (Lipinski definition) is 0. The molecule has 0 radical (unpaired) electrons. The molecular formula is C17H25O5P. The van der Waals surface area contributed by atoms with Gasteiger partial charge in [0.2, 0.25) is 0 Å². The Bertz CT molecular complexity index is 576. The first-order valence-electron chi connectivity index (χ1n) is 8.20. The van der Waals surface area contributed by atoms with E-state index in [9.17, 15) is 9.36 Å². The summed E-state index contributed by atoms with van der Waals surface area (Å²) in [6, 6.07) is 7.95. The molecule has 0 amide bonds. The average molecular weight is 340 g/mol.